The minimum absolute atomic E-state index is 0.0509. The van der Waals surface area contributed by atoms with Crippen molar-refractivity contribution in [1.82, 2.24) is 4.90 Å². The van der Waals surface area contributed by atoms with Crippen LogP contribution >= 0.6 is 39.3 Å². The maximum atomic E-state index is 12.4. The van der Waals surface area contributed by atoms with E-state index in [0.29, 0.717) is 38.1 Å². The van der Waals surface area contributed by atoms with Crippen LogP contribution in [0.15, 0.2) is 45.8 Å². The molecule has 5 nitrogen and oxygen atoms in total. The molecule has 0 N–H and O–H groups in total. The number of imide groups is 1. The number of hydrogen-bond acceptors (Lipinski definition) is 5. The quantitative estimate of drug-likeness (QED) is 0.353. The summed E-state index contributed by atoms with van der Waals surface area (Å²) in [5.41, 5.74) is 1.53. The van der Waals surface area contributed by atoms with Gasteiger partial charge in [-0.3, -0.25) is 14.5 Å². The number of hydrogen-bond donors (Lipinski definition) is 0. The van der Waals surface area contributed by atoms with Crippen LogP contribution in [0.25, 0.3) is 6.08 Å². The fraction of sp³-hybridized carbons (Fsp3) is 0.182. The highest BCUT2D eigenvalue weighted by molar-refractivity contribution is 9.10. The first-order valence-corrected chi connectivity index (χ1v) is 10.9. The topological polar surface area (TPSA) is 55.8 Å². The number of carbonyl (C=O) groups excluding carboxylic acids is 2. The average Bonchev–Trinajstić information content (AvgIpc) is 2.96. The van der Waals surface area contributed by atoms with E-state index < -0.39 is 5.91 Å². The summed E-state index contributed by atoms with van der Waals surface area (Å²) in [6.07, 6.45) is 6.86. The molecule has 0 radical (unpaired) electrons. The summed E-state index contributed by atoms with van der Waals surface area (Å²) in [7, 11) is 0. The molecular weight excluding hydrogens is 490 g/mol. The van der Waals surface area contributed by atoms with Crippen molar-refractivity contribution in [3.8, 4) is 23.8 Å². The van der Waals surface area contributed by atoms with E-state index in [1.807, 2.05) is 25.1 Å². The summed E-state index contributed by atoms with van der Waals surface area (Å²) < 4.78 is 12.4. The number of amides is 2. The lowest BCUT2D eigenvalue weighted by atomic mass is 10.1. The number of rotatable bonds is 7. The van der Waals surface area contributed by atoms with Crippen LogP contribution in [-0.4, -0.2) is 29.2 Å². The lowest BCUT2D eigenvalue weighted by Gasteiger charge is -2.15. The lowest BCUT2D eigenvalue weighted by molar-refractivity contribution is -0.122. The van der Waals surface area contributed by atoms with Gasteiger partial charge in [-0.2, -0.15) is 0 Å². The summed E-state index contributed by atoms with van der Waals surface area (Å²) in [4.78, 5) is 25.7. The number of ether oxygens (including phenoxy) is 2. The fourth-order valence-electron chi connectivity index (χ4n) is 2.72. The van der Waals surface area contributed by atoms with Crippen LogP contribution in [0.5, 0.6) is 11.5 Å². The summed E-state index contributed by atoms with van der Waals surface area (Å²) >= 11 is 10.6. The molecule has 8 heteroatoms. The molecule has 0 aromatic heterocycles. The largest absolute Gasteiger partial charge is 0.490 e. The van der Waals surface area contributed by atoms with Crippen molar-refractivity contribution in [2.45, 2.75) is 13.5 Å². The van der Waals surface area contributed by atoms with E-state index >= 15 is 0 Å². The molecule has 0 bridgehead atoms. The number of nitrogens with zero attached hydrogens (tertiary/aromatic N) is 1. The van der Waals surface area contributed by atoms with Gasteiger partial charge in [0, 0.05) is 10.6 Å². The van der Waals surface area contributed by atoms with Gasteiger partial charge in [0.05, 0.1) is 22.5 Å². The van der Waals surface area contributed by atoms with Gasteiger partial charge in [0.2, 0.25) is 0 Å². The van der Waals surface area contributed by atoms with Crippen molar-refractivity contribution < 1.29 is 19.1 Å². The van der Waals surface area contributed by atoms with Crippen LogP contribution in [0, 0.1) is 12.3 Å². The third kappa shape index (κ3) is 5.01. The smallest absolute Gasteiger partial charge is 0.294 e. The van der Waals surface area contributed by atoms with Gasteiger partial charge in [0.15, 0.2) is 11.5 Å². The first-order chi connectivity index (χ1) is 14.4. The Labute approximate surface area is 192 Å². The lowest BCUT2D eigenvalue weighted by Crippen LogP contribution is -2.28. The van der Waals surface area contributed by atoms with Gasteiger partial charge in [-0.1, -0.05) is 35.7 Å². The van der Waals surface area contributed by atoms with Gasteiger partial charge in [-0.15, -0.1) is 6.42 Å². The van der Waals surface area contributed by atoms with Crippen molar-refractivity contribution in [2.24, 2.45) is 0 Å². The molecule has 0 saturated carbocycles. The molecule has 0 aliphatic carbocycles. The van der Waals surface area contributed by atoms with Crippen LogP contribution < -0.4 is 9.47 Å². The summed E-state index contributed by atoms with van der Waals surface area (Å²) in [6.45, 7) is 2.51. The third-order valence-corrected chi connectivity index (χ3v) is 5.95. The summed E-state index contributed by atoms with van der Waals surface area (Å²) in [5.74, 6) is 2.94. The molecule has 1 saturated heterocycles. The van der Waals surface area contributed by atoms with Crippen molar-refractivity contribution in [3.63, 3.8) is 0 Å². The van der Waals surface area contributed by atoms with Gasteiger partial charge < -0.3 is 9.47 Å². The maximum absolute atomic E-state index is 12.4. The molecule has 1 aliphatic heterocycles. The molecule has 3 rings (SSSR count). The van der Waals surface area contributed by atoms with Crippen LogP contribution in [0.1, 0.15) is 18.1 Å². The second-order valence-corrected chi connectivity index (χ2v) is 8.37. The van der Waals surface area contributed by atoms with Crippen molar-refractivity contribution in [2.75, 3.05) is 13.2 Å². The van der Waals surface area contributed by atoms with E-state index in [4.69, 9.17) is 27.5 Å². The Bertz CT molecular complexity index is 1060. The van der Waals surface area contributed by atoms with Crippen molar-refractivity contribution >= 4 is 56.5 Å². The van der Waals surface area contributed by atoms with Crippen molar-refractivity contribution in [3.05, 3.63) is 61.9 Å². The minimum atomic E-state index is -0.406. The molecule has 30 heavy (non-hydrogen) atoms. The molecule has 0 spiro atoms. The Morgan fingerprint density at radius 2 is 2.03 bits per heavy atom. The van der Waals surface area contributed by atoms with Crippen LogP contribution in [0.3, 0.4) is 0 Å². The van der Waals surface area contributed by atoms with Gasteiger partial charge >= 0.3 is 0 Å². The van der Waals surface area contributed by atoms with Gasteiger partial charge in [-0.25, -0.2) is 0 Å². The third-order valence-electron chi connectivity index (χ3n) is 4.08. The van der Waals surface area contributed by atoms with E-state index in [0.717, 1.165) is 22.2 Å². The number of halogens is 2. The van der Waals surface area contributed by atoms with E-state index in [1.165, 1.54) is 0 Å². The van der Waals surface area contributed by atoms with Gasteiger partial charge in [0.25, 0.3) is 11.1 Å². The standard InChI is InChI=1S/C22H17BrClNO4S/c1-3-9-25-21(26)19(30-22(25)27)12-14-10-16(23)20(18(11-14)28-4-2)29-13-15-7-5-6-8-17(15)24/h1,5-8,10-12H,4,9,13H2,2H3/b19-12+. The Morgan fingerprint density at radius 1 is 1.27 bits per heavy atom. The zero-order valence-corrected chi connectivity index (χ0v) is 19.1. The van der Waals surface area contributed by atoms with Crippen molar-refractivity contribution in [1.29, 1.82) is 0 Å². The first kappa shape index (κ1) is 22.3. The van der Waals surface area contributed by atoms with E-state index in [1.54, 1.807) is 24.3 Å². The van der Waals surface area contributed by atoms with Crippen LogP contribution in [0.2, 0.25) is 5.02 Å². The average molecular weight is 507 g/mol. The highest BCUT2D eigenvalue weighted by atomic mass is 79.9. The van der Waals surface area contributed by atoms with Gasteiger partial charge in [-0.05, 0) is 64.5 Å². The van der Waals surface area contributed by atoms with E-state index in [2.05, 4.69) is 21.9 Å². The number of carbonyl (C=O) groups is 2. The predicted octanol–water partition coefficient (Wildman–Crippen LogP) is 5.75. The summed E-state index contributed by atoms with van der Waals surface area (Å²) in [5, 5.41) is 0.235. The predicted molar refractivity (Wildman–Crippen MR) is 123 cm³/mol. The molecule has 1 fully saturated rings. The van der Waals surface area contributed by atoms with Crippen LogP contribution in [-0.2, 0) is 11.4 Å². The molecular formula is C22H17BrClNO4S. The molecule has 2 aromatic rings. The summed E-state index contributed by atoms with van der Waals surface area (Å²) in [6, 6.07) is 11.0. The Hall–Kier alpha value is -2.40. The molecule has 154 valence electrons. The molecule has 2 aromatic carbocycles. The second kappa shape index (κ2) is 10.1. The molecule has 2 amide bonds. The molecule has 1 heterocycles. The Balaban J connectivity index is 1.88. The highest BCUT2D eigenvalue weighted by Crippen LogP contribution is 2.40. The Kier molecular flexibility index (Phi) is 7.48. The molecule has 0 atom stereocenters. The van der Waals surface area contributed by atoms with Gasteiger partial charge in [0.1, 0.15) is 6.61 Å². The molecule has 0 unspecified atom stereocenters. The van der Waals surface area contributed by atoms with E-state index in [9.17, 15) is 9.59 Å². The SMILES string of the molecule is C#CCN1C(=O)S/C(=C/c2cc(Br)c(OCc3ccccc3Cl)c(OCC)c2)C1=O. The van der Waals surface area contributed by atoms with Crippen LogP contribution in [0.4, 0.5) is 4.79 Å². The fourth-order valence-corrected chi connectivity index (χ4v) is 4.32. The van der Waals surface area contributed by atoms with E-state index in [-0.39, 0.29) is 18.4 Å². The second-order valence-electron chi connectivity index (χ2n) is 6.12. The number of benzene rings is 2. The zero-order chi connectivity index (χ0) is 21.7. The number of thioether (sulfide) groups is 1. The maximum Gasteiger partial charge on any atom is 0.294 e. The molecule has 1 aliphatic rings. The number of terminal acetylenes is 1. The normalized spacial score (nSPS) is 14.9. The minimum Gasteiger partial charge on any atom is -0.490 e. The Morgan fingerprint density at radius 3 is 2.73 bits per heavy atom. The first-order valence-electron chi connectivity index (χ1n) is 8.96. The monoisotopic (exact) mass is 505 g/mol. The highest BCUT2D eigenvalue weighted by Gasteiger charge is 2.34. The zero-order valence-electron chi connectivity index (χ0n) is 16.0.